The van der Waals surface area contributed by atoms with Crippen LogP contribution < -0.4 is 10.1 Å². The molecule has 1 aliphatic rings. The van der Waals surface area contributed by atoms with Crippen LogP contribution in [0.4, 0.5) is 4.39 Å². The van der Waals surface area contributed by atoms with Crippen LogP contribution in [0.1, 0.15) is 48.8 Å². The molecule has 0 radical (unpaired) electrons. The van der Waals surface area contributed by atoms with Gasteiger partial charge in [0.1, 0.15) is 17.6 Å². The Bertz CT molecular complexity index is 1250. The third kappa shape index (κ3) is 8.48. The highest BCUT2D eigenvalue weighted by Gasteiger charge is 2.32. The predicted octanol–water partition coefficient (Wildman–Crippen LogP) is 6.81. The van der Waals surface area contributed by atoms with Gasteiger partial charge in [-0.15, -0.1) is 11.8 Å². The first kappa shape index (κ1) is 29.9. The number of carbonyl (C=O) groups excluding carboxylic acids is 2. The van der Waals surface area contributed by atoms with Crippen LogP contribution in [0.3, 0.4) is 0 Å². The average Bonchev–Trinajstić information content (AvgIpc) is 2.97. The lowest BCUT2D eigenvalue weighted by Crippen LogP contribution is -2.53. The maximum absolute atomic E-state index is 14.3. The highest BCUT2D eigenvalue weighted by atomic mass is 35.5. The molecule has 1 N–H and O–H groups in total. The van der Waals surface area contributed by atoms with Crippen molar-refractivity contribution in [2.45, 2.75) is 62.9 Å². The Hall–Kier alpha value is -3.03. The quantitative estimate of drug-likeness (QED) is 0.255. The maximum atomic E-state index is 14.3. The van der Waals surface area contributed by atoms with Gasteiger partial charge in [-0.25, -0.2) is 4.39 Å². The maximum Gasteiger partial charge on any atom is 0.243 e. The van der Waals surface area contributed by atoms with Crippen LogP contribution in [0.2, 0.25) is 5.02 Å². The van der Waals surface area contributed by atoms with E-state index in [0.29, 0.717) is 22.8 Å². The smallest absolute Gasteiger partial charge is 0.243 e. The fourth-order valence-electron chi connectivity index (χ4n) is 5.06. The molecule has 0 heterocycles. The second kappa shape index (κ2) is 15.1. The van der Waals surface area contributed by atoms with Gasteiger partial charge in [0.05, 0.1) is 12.9 Å². The third-order valence-electron chi connectivity index (χ3n) is 7.24. The molecule has 0 aromatic heterocycles. The van der Waals surface area contributed by atoms with Crippen LogP contribution in [0.15, 0.2) is 72.8 Å². The molecule has 0 saturated heterocycles. The summed E-state index contributed by atoms with van der Waals surface area (Å²) in [5.74, 6) is 0.279. The Morgan fingerprint density at radius 2 is 1.75 bits per heavy atom. The van der Waals surface area contributed by atoms with Crippen LogP contribution in [0, 0.1) is 5.82 Å². The van der Waals surface area contributed by atoms with E-state index in [9.17, 15) is 14.0 Å². The number of carbonyl (C=O) groups is 2. The molecule has 4 rings (SSSR count). The molecule has 40 heavy (non-hydrogen) atoms. The minimum atomic E-state index is -0.708. The first-order chi connectivity index (χ1) is 19.4. The zero-order chi connectivity index (χ0) is 28.3. The number of rotatable bonds is 12. The van der Waals surface area contributed by atoms with Crippen molar-refractivity contribution in [3.8, 4) is 5.75 Å². The Labute approximate surface area is 245 Å². The number of benzene rings is 3. The van der Waals surface area contributed by atoms with Gasteiger partial charge in [-0.1, -0.05) is 79.4 Å². The van der Waals surface area contributed by atoms with E-state index >= 15 is 0 Å². The summed E-state index contributed by atoms with van der Waals surface area (Å²) in [6.07, 6.45) is 5.66. The van der Waals surface area contributed by atoms with Crippen LogP contribution in [0.25, 0.3) is 0 Å². The number of methoxy groups -OCH3 is 1. The molecular weight excluding hydrogens is 547 g/mol. The van der Waals surface area contributed by atoms with Crippen molar-refractivity contribution < 1.29 is 18.7 Å². The van der Waals surface area contributed by atoms with Gasteiger partial charge in [-0.05, 0) is 48.2 Å². The molecule has 0 bridgehead atoms. The zero-order valence-electron chi connectivity index (χ0n) is 22.8. The largest absolute Gasteiger partial charge is 0.497 e. The normalized spacial score (nSPS) is 14.4. The summed E-state index contributed by atoms with van der Waals surface area (Å²) in [7, 11) is 1.60. The van der Waals surface area contributed by atoms with Crippen molar-refractivity contribution in [3.05, 3.63) is 100 Å². The van der Waals surface area contributed by atoms with Gasteiger partial charge < -0.3 is 15.0 Å². The number of thioether (sulfide) groups is 1. The first-order valence-electron chi connectivity index (χ1n) is 13.7. The minimum absolute atomic E-state index is 0.0800. The molecule has 3 aromatic rings. The first-order valence-corrected chi connectivity index (χ1v) is 15.2. The van der Waals surface area contributed by atoms with E-state index in [4.69, 9.17) is 16.3 Å². The number of halogens is 2. The van der Waals surface area contributed by atoms with Crippen molar-refractivity contribution in [1.82, 2.24) is 10.2 Å². The Morgan fingerprint density at radius 3 is 2.48 bits per heavy atom. The lowest BCUT2D eigenvalue weighted by Gasteiger charge is -2.33. The lowest BCUT2D eigenvalue weighted by atomic mass is 9.94. The van der Waals surface area contributed by atoms with E-state index in [0.717, 1.165) is 36.8 Å². The number of hydrogen-bond donors (Lipinski definition) is 1. The van der Waals surface area contributed by atoms with Gasteiger partial charge in [0.25, 0.3) is 0 Å². The Morgan fingerprint density at radius 1 is 1.02 bits per heavy atom. The number of amides is 2. The number of nitrogens with one attached hydrogen (secondary N) is 1. The molecule has 1 atom stereocenters. The zero-order valence-corrected chi connectivity index (χ0v) is 24.4. The lowest BCUT2D eigenvalue weighted by molar-refractivity contribution is -0.139. The molecule has 3 aromatic carbocycles. The molecule has 8 heteroatoms. The molecule has 5 nitrogen and oxygen atoms in total. The SMILES string of the molecule is COc1cccc(CN(C(=O)CSCc2c(F)cccc2Cl)C(Cc2ccccc2)C(=O)NC2CCCCC2)c1. The van der Waals surface area contributed by atoms with Crippen LogP contribution in [-0.2, 0) is 28.3 Å². The summed E-state index contributed by atoms with van der Waals surface area (Å²) in [4.78, 5) is 29.4. The van der Waals surface area contributed by atoms with Crippen molar-refractivity contribution >= 4 is 35.2 Å². The van der Waals surface area contributed by atoms with E-state index in [1.165, 1.54) is 24.2 Å². The van der Waals surface area contributed by atoms with Gasteiger partial charge in [0.2, 0.25) is 11.8 Å². The summed E-state index contributed by atoms with van der Waals surface area (Å²) < 4.78 is 19.7. The van der Waals surface area contributed by atoms with Crippen molar-refractivity contribution in [3.63, 3.8) is 0 Å². The summed E-state index contributed by atoms with van der Waals surface area (Å²) in [6.45, 7) is 0.243. The number of hydrogen-bond acceptors (Lipinski definition) is 4. The van der Waals surface area contributed by atoms with E-state index in [1.54, 1.807) is 24.1 Å². The predicted molar refractivity (Wildman–Crippen MR) is 160 cm³/mol. The minimum Gasteiger partial charge on any atom is -0.497 e. The van der Waals surface area contributed by atoms with E-state index in [-0.39, 0.29) is 35.9 Å². The van der Waals surface area contributed by atoms with Crippen molar-refractivity contribution in [1.29, 1.82) is 0 Å². The van der Waals surface area contributed by atoms with Crippen LogP contribution in [-0.4, -0.2) is 41.7 Å². The van der Waals surface area contributed by atoms with E-state index < -0.39 is 11.9 Å². The van der Waals surface area contributed by atoms with Crippen LogP contribution >= 0.6 is 23.4 Å². The summed E-state index contributed by atoms with van der Waals surface area (Å²) >= 11 is 7.49. The van der Waals surface area contributed by atoms with Gasteiger partial charge in [0.15, 0.2) is 0 Å². The monoisotopic (exact) mass is 582 g/mol. The van der Waals surface area contributed by atoms with E-state index in [2.05, 4.69) is 5.32 Å². The molecule has 0 spiro atoms. The van der Waals surface area contributed by atoms with Gasteiger partial charge in [-0.3, -0.25) is 9.59 Å². The third-order valence-corrected chi connectivity index (χ3v) is 8.54. The highest BCUT2D eigenvalue weighted by molar-refractivity contribution is 7.99. The Balaban J connectivity index is 1.59. The summed E-state index contributed by atoms with van der Waals surface area (Å²) in [5.41, 5.74) is 2.20. The summed E-state index contributed by atoms with van der Waals surface area (Å²) in [6, 6.07) is 21.3. The average molecular weight is 583 g/mol. The number of ether oxygens (including phenoxy) is 1. The second-order valence-electron chi connectivity index (χ2n) is 10.1. The Kier molecular flexibility index (Phi) is 11.3. The number of nitrogens with zero attached hydrogens (tertiary/aromatic N) is 1. The van der Waals surface area contributed by atoms with Crippen LogP contribution in [0.5, 0.6) is 5.75 Å². The standard InChI is InChI=1S/C32H36ClFN2O3S/c1-39-26-15-8-12-24(18-26)20-36(31(37)22-40-21-27-28(33)16-9-17-29(27)34)30(19-23-10-4-2-5-11-23)32(38)35-25-13-6-3-7-14-25/h2,4-5,8-12,15-18,25,30H,3,6-7,13-14,19-22H2,1H3,(H,35,38). The highest BCUT2D eigenvalue weighted by Crippen LogP contribution is 2.26. The molecule has 1 fully saturated rings. The van der Waals surface area contributed by atoms with Gasteiger partial charge in [0, 0.05) is 35.3 Å². The fraction of sp³-hybridized carbons (Fsp3) is 0.375. The van der Waals surface area contributed by atoms with Gasteiger partial charge in [-0.2, -0.15) is 0 Å². The molecule has 1 saturated carbocycles. The fourth-order valence-corrected chi connectivity index (χ4v) is 6.31. The topological polar surface area (TPSA) is 58.6 Å². The van der Waals surface area contributed by atoms with E-state index in [1.807, 2.05) is 54.6 Å². The molecule has 1 aliphatic carbocycles. The van der Waals surface area contributed by atoms with Crippen molar-refractivity contribution in [2.75, 3.05) is 12.9 Å². The molecule has 212 valence electrons. The van der Waals surface area contributed by atoms with Crippen molar-refractivity contribution in [2.24, 2.45) is 0 Å². The molecule has 0 aliphatic heterocycles. The van der Waals surface area contributed by atoms with Gasteiger partial charge >= 0.3 is 0 Å². The molecule has 1 unspecified atom stereocenters. The molecule has 2 amide bonds. The summed E-state index contributed by atoms with van der Waals surface area (Å²) in [5, 5.41) is 3.58. The molecular formula is C32H36ClFN2O3S. The second-order valence-corrected chi connectivity index (χ2v) is 11.5.